The molecule has 0 saturated carbocycles. The number of nitro groups is 1. The smallest absolute Gasteiger partial charge is 0.332 e. The minimum absolute atomic E-state index is 0.0488. The Kier molecular flexibility index (Phi) is 4.14. The highest BCUT2D eigenvalue weighted by Gasteiger charge is 2.25. The van der Waals surface area contributed by atoms with E-state index in [0.717, 1.165) is 4.88 Å². The van der Waals surface area contributed by atoms with Gasteiger partial charge >= 0.3 is 5.69 Å². The van der Waals surface area contributed by atoms with Crippen molar-refractivity contribution in [1.82, 2.24) is 9.97 Å². The van der Waals surface area contributed by atoms with Gasteiger partial charge in [-0.3, -0.25) is 10.1 Å². The highest BCUT2D eigenvalue weighted by molar-refractivity contribution is 7.09. The highest BCUT2D eigenvalue weighted by Crippen LogP contribution is 2.30. The van der Waals surface area contributed by atoms with Gasteiger partial charge in [0.25, 0.3) is 0 Å². The van der Waals surface area contributed by atoms with Crippen molar-refractivity contribution in [2.75, 3.05) is 17.2 Å². The third kappa shape index (κ3) is 2.85. The zero-order chi connectivity index (χ0) is 14.7. The van der Waals surface area contributed by atoms with Crippen LogP contribution in [0.25, 0.3) is 0 Å². The van der Waals surface area contributed by atoms with Crippen LogP contribution in [0.15, 0.2) is 17.5 Å². The Morgan fingerprint density at radius 3 is 2.80 bits per heavy atom. The maximum Gasteiger partial charge on any atom is 0.332 e. The van der Waals surface area contributed by atoms with Gasteiger partial charge in [0.15, 0.2) is 0 Å². The molecule has 0 aliphatic rings. The van der Waals surface area contributed by atoms with E-state index < -0.39 is 4.92 Å². The molecule has 0 bridgehead atoms. The first-order valence-electron chi connectivity index (χ1n) is 6.08. The Balaban J connectivity index is 2.45. The number of aryl methyl sites for hydroxylation is 1. The van der Waals surface area contributed by atoms with Crippen LogP contribution in [0.3, 0.4) is 0 Å². The quantitative estimate of drug-likeness (QED) is 0.671. The van der Waals surface area contributed by atoms with E-state index >= 15 is 0 Å². The summed E-state index contributed by atoms with van der Waals surface area (Å²) >= 11 is 1.60. The SMILES string of the molecule is CCN(Cc1cccs1)c1nc(N)nc(C)c1[N+](=O)[O-]. The summed E-state index contributed by atoms with van der Waals surface area (Å²) in [6.45, 7) is 4.64. The first kappa shape index (κ1) is 14.2. The van der Waals surface area contributed by atoms with Gasteiger partial charge in [0.05, 0.1) is 11.5 Å². The van der Waals surface area contributed by atoms with Crippen LogP contribution in [0.2, 0.25) is 0 Å². The fraction of sp³-hybridized carbons (Fsp3) is 0.333. The number of hydrogen-bond donors (Lipinski definition) is 1. The van der Waals surface area contributed by atoms with Gasteiger partial charge < -0.3 is 10.6 Å². The Hall–Kier alpha value is -2.22. The molecule has 0 aromatic carbocycles. The molecule has 0 fully saturated rings. The lowest BCUT2D eigenvalue weighted by Gasteiger charge is -2.21. The van der Waals surface area contributed by atoms with Gasteiger partial charge in [-0.15, -0.1) is 11.3 Å². The van der Waals surface area contributed by atoms with Crippen molar-refractivity contribution in [2.24, 2.45) is 0 Å². The van der Waals surface area contributed by atoms with Gasteiger partial charge in [-0.2, -0.15) is 4.98 Å². The molecule has 0 aliphatic carbocycles. The van der Waals surface area contributed by atoms with E-state index in [1.54, 1.807) is 18.3 Å². The Labute approximate surface area is 120 Å². The second-order valence-electron chi connectivity index (χ2n) is 4.19. The van der Waals surface area contributed by atoms with Gasteiger partial charge in [0.2, 0.25) is 11.8 Å². The normalized spacial score (nSPS) is 10.5. The van der Waals surface area contributed by atoms with Crippen molar-refractivity contribution in [3.8, 4) is 0 Å². The van der Waals surface area contributed by atoms with Crippen molar-refractivity contribution >= 4 is 28.8 Å². The molecule has 0 aliphatic heterocycles. The molecule has 106 valence electrons. The molecular formula is C12H15N5O2S. The molecule has 7 nitrogen and oxygen atoms in total. The molecule has 2 heterocycles. The van der Waals surface area contributed by atoms with Crippen molar-refractivity contribution < 1.29 is 4.92 Å². The average Bonchev–Trinajstić information content (AvgIpc) is 2.87. The number of thiophene rings is 1. The average molecular weight is 293 g/mol. The number of nitrogens with two attached hydrogens (primary N) is 1. The third-order valence-electron chi connectivity index (χ3n) is 2.85. The van der Waals surface area contributed by atoms with E-state index in [2.05, 4.69) is 9.97 Å². The van der Waals surface area contributed by atoms with E-state index in [-0.39, 0.29) is 23.1 Å². The molecule has 8 heteroatoms. The lowest BCUT2D eigenvalue weighted by atomic mass is 10.3. The van der Waals surface area contributed by atoms with Crippen molar-refractivity contribution in [2.45, 2.75) is 20.4 Å². The monoisotopic (exact) mass is 293 g/mol. The summed E-state index contributed by atoms with van der Waals surface area (Å²) in [5.41, 5.74) is 5.82. The van der Waals surface area contributed by atoms with Gasteiger partial charge in [-0.05, 0) is 25.3 Å². The van der Waals surface area contributed by atoms with Gasteiger partial charge in [0.1, 0.15) is 5.69 Å². The molecule has 2 N–H and O–H groups in total. The van der Waals surface area contributed by atoms with E-state index in [9.17, 15) is 10.1 Å². The van der Waals surface area contributed by atoms with Crippen molar-refractivity contribution in [1.29, 1.82) is 0 Å². The van der Waals surface area contributed by atoms with Crippen molar-refractivity contribution in [3.63, 3.8) is 0 Å². The standard InChI is InChI=1S/C12H15N5O2S/c1-3-16(7-9-5-4-6-20-9)11-10(17(18)19)8(2)14-12(13)15-11/h4-6H,3,7H2,1-2H3,(H2,13,14,15). The number of hydrogen-bond acceptors (Lipinski definition) is 7. The number of nitrogen functional groups attached to an aromatic ring is 1. The lowest BCUT2D eigenvalue weighted by Crippen LogP contribution is -2.24. The summed E-state index contributed by atoms with van der Waals surface area (Å²) in [5.74, 6) is 0.323. The highest BCUT2D eigenvalue weighted by atomic mass is 32.1. The fourth-order valence-corrected chi connectivity index (χ4v) is 2.65. The molecule has 0 unspecified atom stereocenters. The third-order valence-corrected chi connectivity index (χ3v) is 3.71. The molecule has 0 saturated heterocycles. The molecule has 2 aromatic heterocycles. The summed E-state index contributed by atoms with van der Waals surface area (Å²) in [7, 11) is 0. The summed E-state index contributed by atoms with van der Waals surface area (Å²) in [4.78, 5) is 21.6. The molecule has 0 atom stereocenters. The van der Waals surface area contributed by atoms with Crippen molar-refractivity contribution in [3.05, 3.63) is 38.2 Å². The van der Waals surface area contributed by atoms with E-state index in [1.165, 1.54) is 0 Å². The first-order valence-corrected chi connectivity index (χ1v) is 6.96. The molecule has 2 rings (SSSR count). The molecular weight excluding hydrogens is 278 g/mol. The largest absolute Gasteiger partial charge is 0.368 e. The van der Waals surface area contributed by atoms with E-state index in [4.69, 9.17) is 5.73 Å². The van der Waals surface area contributed by atoms with Gasteiger partial charge in [0, 0.05) is 11.4 Å². The predicted octanol–water partition coefficient (Wildman–Crippen LogP) is 2.36. The maximum atomic E-state index is 11.2. The number of rotatable bonds is 5. The minimum Gasteiger partial charge on any atom is -0.368 e. The van der Waals surface area contributed by atoms with Gasteiger partial charge in [-0.25, -0.2) is 4.98 Å². The van der Waals surface area contributed by atoms with Crippen LogP contribution < -0.4 is 10.6 Å². The Morgan fingerprint density at radius 1 is 1.50 bits per heavy atom. The lowest BCUT2D eigenvalue weighted by molar-refractivity contribution is -0.385. The number of aromatic nitrogens is 2. The summed E-state index contributed by atoms with van der Waals surface area (Å²) in [6.07, 6.45) is 0. The first-order chi connectivity index (χ1) is 9.52. The Bertz CT molecular complexity index is 615. The molecule has 0 radical (unpaired) electrons. The van der Waals surface area contributed by atoms with Crippen LogP contribution in [-0.2, 0) is 6.54 Å². The van der Waals surface area contributed by atoms with Crippen LogP contribution in [0, 0.1) is 17.0 Å². The minimum atomic E-state index is -0.457. The molecule has 0 amide bonds. The second kappa shape index (κ2) is 5.83. The summed E-state index contributed by atoms with van der Waals surface area (Å²) in [6, 6.07) is 3.93. The fourth-order valence-electron chi connectivity index (χ4n) is 1.93. The molecule has 2 aromatic rings. The topological polar surface area (TPSA) is 98.2 Å². The number of anilines is 2. The zero-order valence-electron chi connectivity index (χ0n) is 11.2. The summed E-state index contributed by atoms with van der Waals surface area (Å²) in [5, 5.41) is 13.2. The molecule has 20 heavy (non-hydrogen) atoms. The predicted molar refractivity (Wildman–Crippen MR) is 78.9 cm³/mol. The van der Waals surface area contributed by atoms with Crippen LogP contribution in [0.1, 0.15) is 17.5 Å². The summed E-state index contributed by atoms with van der Waals surface area (Å²) < 4.78 is 0. The van der Waals surface area contributed by atoms with Crippen LogP contribution in [0.5, 0.6) is 0 Å². The second-order valence-corrected chi connectivity index (χ2v) is 5.22. The van der Waals surface area contributed by atoms with E-state index in [0.29, 0.717) is 13.1 Å². The van der Waals surface area contributed by atoms with E-state index in [1.807, 2.05) is 29.3 Å². The zero-order valence-corrected chi connectivity index (χ0v) is 12.1. The maximum absolute atomic E-state index is 11.2. The Morgan fingerprint density at radius 2 is 2.25 bits per heavy atom. The van der Waals surface area contributed by atoms with Gasteiger partial charge in [-0.1, -0.05) is 6.07 Å². The van der Waals surface area contributed by atoms with Crippen LogP contribution in [0.4, 0.5) is 17.5 Å². The number of nitrogens with zero attached hydrogens (tertiary/aromatic N) is 4. The molecule has 0 spiro atoms. The van der Waals surface area contributed by atoms with Crippen LogP contribution >= 0.6 is 11.3 Å². The van der Waals surface area contributed by atoms with Crippen LogP contribution in [-0.4, -0.2) is 21.4 Å².